The van der Waals surface area contributed by atoms with Gasteiger partial charge in [-0.3, -0.25) is 29.7 Å². The Labute approximate surface area is 227 Å². The molecule has 4 atom stereocenters. The molecule has 0 saturated carbocycles. The topological polar surface area (TPSA) is 58.0 Å². The van der Waals surface area contributed by atoms with Crippen molar-refractivity contribution in [3.05, 3.63) is 120 Å². The highest BCUT2D eigenvalue weighted by Crippen LogP contribution is 2.31. The van der Waals surface area contributed by atoms with Crippen LogP contribution >= 0.6 is 0 Å². The minimum absolute atomic E-state index is 0.184. The van der Waals surface area contributed by atoms with Crippen molar-refractivity contribution >= 4 is 0 Å². The molecule has 0 amide bonds. The molecule has 0 aliphatic heterocycles. The predicted octanol–water partition coefficient (Wildman–Crippen LogP) is 7.00. The Hall–Kier alpha value is -3.48. The molecule has 4 aromatic rings. The summed E-state index contributed by atoms with van der Waals surface area (Å²) in [5, 5.41) is 0. The Morgan fingerprint density at radius 1 is 0.447 bits per heavy atom. The van der Waals surface area contributed by atoms with Crippen molar-refractivity contribution in [1.29, 1.82) is 0 Å². The van der Waals surface area contributed by atoms with Crippen molar-refractivity contribution in [2.24, 2.45) is 0 Å². The van der Waals surface area contributed by atoms with Gasteiger partial charge < -0.3 is 0 Å². The first-order valence-electron chi connectivity index (χ1n) is 13.7. The molecule has 0 aromatic carbocycles. The average Bonchev–Trinajstić information content (AvgIpc) is 2.99. The zero-order valence-corrected chi connectivity index (χ0v) is 23.1. The molecule has 0 spiro atoms. The SMILES string of the molecule is CC(c1ccccn1)N(CCCCN(C(C)c1ccccn1)C(C)c1ccccn1)C(C)c1ccccn1. The average molecular weight is 509 g/mol. The number of rotatable bonds is 13. The van der Waals surface area contributed by atoms with Gasteiger partial charge in [0.1, 0.15) is 0 Å². The summed E-state index contributed by atoms with van der Waals surface area (Å²) < 4.78 is 0. The Kier molecular flexibility index (Phi) is 10.1. The molecule has 0 saturated heterocycles. The summed E-state index contributed by atoms with van der Waals surface area (Å²) in [5.41, 5.74) is 4.35. The van der Waals surface area contributed by atoms with Crippen LogP contribution in [0, 0.1) is 0 Å². The first-order chi connectivity index (χ1) is 18.6. The van der Waals surface area contributed by atoms with Crippen molar-refractivity contribution in [2.75, 3.05) is 13.1 Å². The summed E-state index contributed by atoms with van der Waals surface area (Å²) in [6.45, 7) is 10.9. The molecule has 4 rings (SSSR count). The third kappa shape index (κ3) is 7.09. The maximum atomic E-state index is 4.66. The smallest absolute Gasteiger partial charge is 0.0572 e. The number of nitrogens with zero attached hydrogens (tertiary/aromatic N) is 6. The quantitative estimate of drug-likeness (QED) is 0.181. The van der Waals surface area contributed by atoms with Gasteiger partial charge in [0, 0.05) is 49.0 Å². The maximum absolute atomic E-state index is 4.66. The molecule has 6 heteroatoms. The van der Waals surface area contributed by atoms with E-state index in [1.54, 1.807) is 0 Å². The first kappa shape index (κ1) is 27.6. The minimum atomic E-state index is 0.184. The van der Waals surface area contributed by atoms with Gasteiger partial charge in [0.2, 0.25) is 0 Å². The largest absolute Gasteiger partial charge is 0.287 e. The van der Waals surface area contributed by atoms with E-state index < -0.39 is 0 Å². The van der Waals surface area contributed by atoms with Gasteiger partial charge in [0.15, 0.2) is 0 Å². The summed E-state index contributed by atoms with van der Waals surface area (Å²) in [6.07, 6.45) is 9.65. The van der Waals surface area contributed by atoms with Crippen LogP contribution in [0.2, 0.25) is 0 Å². The maximum Gasteiger partial charge on any atom is 0.0572 e. The van der Waals surface area contributed by atoms with E-state index in [0.29, 0.717) is 0 Å². The second-order valence-electron chi connectivity index (χ2n) is 9.91. The van der Waals surface area contributed by atoms with Gasteiger partial charge in [0.25, 0.3) is 0 Å². The highest BCUT2D eigenvalue weighted by atomic mass is 15.2. The fourth-order valence-electron chi connectivity index (χ4n) is 5.21. The van der Waals surface area contributed by atoms with Crippen LogP contribution in [0.3, 0.4) is 0 Å². The van der Waals surface area contributed by atoms with Gasteiger partial charge >= 0.3 is 0 Å². The van der Waals surface area contributed by atoms with Gasteiger partial charge in [0.05, 0.1) is 22.8 Å². The highest BCUT2D eigenvalue weighted by molar-refractivity contribution is 5.14. The second-order valence-corrected chi connectivity index (χ2v) is 9.91. The summed E-state index contributed by atoms with van der Waals surface area (Å²) >= 11 is 0. The lowest BCUT2D eigenvalue weighted by Crippen LogP contribution is -2.34. The zero-order chi connectivity index (χ0) is 26.7. The number of hydrogen-bond acceptors (Lipinski definition) is 6. The van der Waals surface area contributed by atoms with Crippen molar-refractivity contribution in [3.8, 4) is 0 Å². The van der Waals surface area contributed by atoms with E-state index >= 15 is 0 Å². The van der Waals surface area contributed by atoms with E-state index in [1.165, 1.54) is 0 Å². The van der Waals surface area contributed by atoms with Crippen LogP contribution < -0.4 is 0 Å². The molecular formula is C32H40N6. The monoisotopic (exact) mass is 508 g/mol. The fraction of sp³-hybridized carbons (Fsp3) is 0.375. The molecule has 0 fully saturated rings. The molecule has 0 aliphatic carbocycles. The van der Waals surface area contributed by atoms with Crippen LogP contribution in [-0.4, -0.2) is 42.8 Å². The van der Waals surface area contributed by atoms with Crippen molar-refractivity contribution in [1.82, 2.24) is 29.7 Å². The molecule has 0 aliphatic rings. The Balaban J connectivity index is 1.48. The van der Waals surface area contributed by atoms with Gasteiger partial charge in [-0.05, 0) is 102 Å². The third-order valence-corrected chi connectivity index (χ3v) is 7.54. The van der Waals surface area contributed by atoms with Crippen LogP contribution in [0.1, 0.15) is 87.5 Å². The molecule has 4 unspecified atom stereocenters. The van der Waals surface area contributed by atoms with Crippen LogP contribution in [0.25, 0.3) is 0 Å². The number of aromatic nitrogens is 4. The van der Waals surface area contributed by atoms with E-state index in [1.807, 2.05) is 49.1 Å². The highest BCUT2D eigenvalue weighted by Gasteiger charge is 2.26. The number of hydrogen-bond donors (Lipinski definition) is 0. The van der Waals surface area contributed by atoms with Gasteiger partial charge in [-0.15, -0.1) is 0 Å². The van der Waals surface area contributed by atoms with E-state index in [9.17, 15) is 0 Å². The molecule has 4 heterocycles. The number of pyridine rings is 4. The van der Waals surface area contributed by atoms with Gasteiger partial charge in [-0.25, -0.2) is 0 Å². The van der Waals surface area contributed by atoms with Gasteiger partial charge in [-0.1, -0.05) is 24.3 Å². The Bertz CT molecular complexity index is 1000. The predicted molar refractivity (Wildman–Crippen MR) is 153 cm³/mol. The summed E-state index contributed by atoms with van der Waals surface area (Å²) in [6, 6.07) is 25.4. The van der Waals surface area contributed by atoms with Crippen LogP contribution in [0.15, 0.2) is 97.6 Å². The molecule has 6 nitrogen and oxygen atoms in total. The van der Waals surface area contributed by atoms with Crippen LogP contribution in [0.5, 0.6) is 0 Å². The second kappa shape index (κ2) is 13.9. The van der Waals surface area contributed by atoms with E-state index in [4.69, 9.17) is 0 Å². The van der Waals surface area contributed by atoms with E-state index in [2.05, 4.69) is 106 Å². The molecular weight excluding hydrogens is 468 g/mol. The molecule has 4 aromatic heterocycles. The first-order valence-corrected chi connectivity index (χ1v) is 13.7. The van der Waals surface area contributed by atoms with E-state index in [0.717, 1.165) is 48.7 Å². The molecule has 0 radical (unpaired) electrons. The standard InChI is InChI=1S/C32H40N6/c1-25(29-15-5-9-19-33-29)37(26(2)30-16-6-10-20-34-30)23-13-14-24-38(27(3)31-17-7-11-21-35-31)28(4)32-18-8-12-22-36-32/h5-12,15-22,25-28H,13-14,23-24H2,1-4H3. The number of unbranched alkanes of at least 4 members (excludes halogenated alkanes) is 1. The third-order valence-electron chi connectivity index (χ3n) is 7.54. The lowest BCUT2D eigenvalue weighted by atomic mass is 10.0. The van der Waals surface area contributed by atoms with Crippen molar-refractivity contribution in [3.63, 3.8) is 0 Å². The summed E-state index contributed by atoms with van der Waals surface area (Å²) in [7, 11) is 0. The Morgan fingerprint density at radius 3 is 0.921 bits per heavy atom. The minimum Gasteiger partial charge on any atom is -0.287 e. The molecule has 38 heavy (non-hydrogen) atoms. The summed E-state index contributed by atoms with van der Waals surface area (Å²) in [4.78, 5) is 23.7. The zero-order valence-electron chi connectivity index (χ0n) is 23.1. The van der Waals surface area contributed by atoms with E-state index in [-0.39, 0.29) is 24.2 Å². The molecule has 0 bridgehead atoms. The fourth-order valence-corrected chi connectivity index (χ4v) is 5.21. The van der Waals surface area contributed by atoms with Crippen LogP contribution in [-0.2, 0) is 0 Å². The van der Waals surface area contributed by atoms with Crippen molar-refractivity contribution in [2.45, 2.75) is 64.7 Å². The molecule has 198 valence electrons. The Morgan fingerprint density at radius 2 is 0.711 bits per heavy atom. The van der Waals surface area contributed by atoms with Gasteiger partial charge in [-0.2, -0.15) is 0 Å². The summed E-state index contributed by atoms with van der Waals surface area (Å²) in [5.74, 6) is 0. The van der Waals surface area contributed by atoms with Crippen LogP contribution in [0.4, 0.5) is 0 Å². The lowest BCUT2D eigenvalue weighted by Gasteiger charge is -2.36. The molecule has 0 N–H and O–H groups in total. The normalized spacial score (nSPS) is 14.8. The lowest BCUT2D eigenvalue weighted by molar-refractivity contribution is 0.125. The van der Waals surface area contributed by atoms with Crippen molar-refractivity contribution < 1.29 is 0 Å².